The SMILES string of the molecule is CCC1=NC(c2ccnc(C(F)(F)F)c2)=NOC1. The summed E-state index contributed by atoms with van der Waals surface area (Å²) in [6, 6.07) is 2.32. The Hall–Kier alpha value is -1.92. The van der Waals surface area contributed by atoms with E-state index in [2.05, 4.69) is 15.1 Å². The van der Waals surface area contributed by atoms with Crippen LogP contribution in [0.4, 0.5) is 13.2 Å². The standard InChI is InChI=1S/C11H10F3N3O/c1-2-8-6-18-17-10(16-8)7-3-4-15-9(5-7)11(12,13)14/h3-5H,2,6H2,1H3. The van der Waals surface area contributed by atoms with Crippen LogP contribution in [0.15, 0.2) is 28.5 Å². The molecule has 0 radical (unpaired) electrons. The van der Waals surface area contributed by atoms with E-state index in [4.69, 9.17) is 4.84 Å². The summed E-state index contributed by atoms with van der Waals surface area (Å²) < 4.78 is 37.5. The molecule has 0 spiro atoms. The van der Waals surface area contributed by atoms with Crippen LogP contribution in [0.1, 0.15) is 24.6 Å². The number of oxime groups is 1. The fourth-order valence-electron chi connectivity index (χ4n) is 1.39. The topological polar surface area (TPSA) is 46.8 Å². The molecule has 0 amide bonds. The van der Waals surface area contributed by atoms with Gasteiger partial charge in [-0.05, 0) is 18.6 Å². The Morgan fingerprint density at radius 1 is 1.39 bits per heavy atom. The number of alkyl halides is 3. The minimum absolute atomic E-state index is 0.144. The molecule has 0 saturated heterocycles. The number of nitrogens with zero attached hydrogens (tertiary/aromatic N) is 3. The zero-order valence-corrected chi connectivity index (χ0v) is 9.53. The van der Waals surface area contributed by atoms with Crippen molar-refractivity contribution in [2.75, 3.05) is 6.61 Å². The van der Waals surface area contributed by atoms with E-state index in [0.29, 0.717) is 6.42 Å². The Bertz CT molecular complexity index is 509. The smallest absolute Gasteiger partial charge is 0.388 e. The van der Waals surface area contributed by atoms with Crippen LogP contribution in [0, 0.1) is 0 Å². The van der Waals surface area contributed by atoms with E-state index >= 15 is 0 Å². The molecular formula is C11H10F3N3O. The van der Waals surface area contributed by atoms with Crippen molar-refractivity contribution in [3.63, 3.8) is 0 Å². The number of aromatic nitrogens is 1. The summed E-state index contributed by atoms with van der Waals surface area (Å²) in [6.45, 7) is 2.16. The highest BCUT2D eigenvalue weighted by Gasteiger charge is 2.32. The molecule has 0 N–H and O–H groups in total. The zero-order chi connectivity index (χ0) is 13.2. The Kier molecular flexibility index (Phi) is 3.31. The molecule has 1 aromatic heterocycles. The predicted molar refractivity (Wildman–Crippen MR) is 59.5 cm³/mol. The van der Waals surface area contributed by atoms with Gasteiger partial charge in [0, 0.05) is 11.8 Å². The summed E-state index contributed by atoms with van der Waals surface area (Å²) in [6.07, 6.45) is -2.74. The molecule has 2 heterocycles. The van der Waals surface area contributed by atoms with Crippen molar-refractivity contribution in [3.05, 3.63) is 29.6 Å². The molecular weight excluding hydrogens is 247 g/mol. The van der Waals surface area contributed by atoms with E-state index in [1.54, 1.807) is 0 Å². The highest BCUT2D eigenvalue weighted by molar-refractivity contribution is 6.07. The van der Waals surface area contributed by atoms with Crippen LogP contribution in [0.5, 0.6) is 0 Å². The van der Waals surface area contributed by atoms with Crippen molar-refractivity contribution >= 4 is 11.5 Å². The summed E-state index contributed by atoms with van der Waals surface area (Å²) in [4.78, 5) is 12.3. The van der Waals surface area contributed by atoms with Gasteiger partial charge >= 0.3 is 6.18 Å². The molecule has 4 nitrogen and oxygen atoms in total. The van der Waals surface area contributed by atoms with E-state index in [9.17, 15) is 13.2 Å². The average molecular weight is 257 g/mol. The number of rotatable bonds is 2. The normalized spacial score (nSPS) is 15.8. The summed E-state index contributed by atoms with van der Waals surface area (Å²) in [5.74, 6) is 0.144. The Labute approximate surface area is 101 Å². The second kappa shape index (κ2) is 4.75. The molecule has 7 heteroatoms. The Balaban J connectivity index is 2.35. The molecule has 1 aromatic rings. The third-order valence-corrected chi connectivity index (χ3v) is 2.36. The van der Waals surface area contributed by atoms with E-state index < -0.39 is 11.9 Å². The summed E-state index contributed by atoms with van der Waals surface area (Å²) >= 11 is 0. The maximum absolute atomic E-state index is 12.5. The number of pyridine rings is 1. The second-order valence-electron chi connectivity index (χ2n) is 3.65. The lowest BCUT2D eigenvalue weighted by atomic mass is 10.2. The molecule has 0 aromatic carbocycles. The number of aliphatic imine (C=N–C) groups is 1. The van der Waals surface area contributed by atoms with Gasteiger partial charge in [-0.3, -0.25) is 4.98 Å². The molecule has 18 heavy (non-hydrogen) atoms. The molecule has 0 atom stereocenters. The molecule has 0 unspecified atom stereocenters. The van der Waals surface area contributed by atoms with Gasteiger partial charge in [0.15, 0.2) is 12.4 Å². The zero-order valence-electron chi connectivity index (χ0n) is 9.53. The van der Waals surface area contributed by atoms with Crippen LogP contribution in [0.2, 0.25) is 0 Å². The van der Waals surface area contributed by atoms with Gasteiger partial charge in [-0.25, -0.2) is 4.99 Å². The predicted octanol–water partition coefficient (Wildman–Crippen LogP) is 2.64. The number of hydrogen-bond acceptors (Lipinski definition) is 4. The molecule has 1 aliphatic heterocycles. The van der Waals surface area contributed by atoms with Crippen molar-refractivity contribution in [3.8, 4) is 0 Å². The van der Waals surface area contributed by atoms with Crippen LogP contribution >= 0.6 is 0 Å². The van der Waals surface area contributed by atoms with Crippen molar-refractivity contribution in [1.29, 1.82) is 0 Å². The average Bonchev–Trinajstić information content (AvgIpc) is 2.38. The monoisotopic (exact) mass is 257 g/mol. The van der Waals surface area contributed by atoms with Gasteiger partial charge < -0.3 is 4.84 Å². The van der Waals surface area contributed by atoms with Gasteiger partial charge in [-0.1, -0.05) is 12.1 Å². The van der Waals surface area contributed by atoms with Gasteiger partial charge in [0.2, 0.25) is 0 Å². The second-order valence-corrected chi connectivity index (χ2v) is 3.65. The van der Waals surface area contributed by atoms with Crippen LogP contribution in [-0.2, 0) is 11.0 Å². The lowest BCUT2D eigenvalue weighted by molar-refractivity contribution is -0.141. The van der Waals surface area contributed by atoms with E-state index in [1.807, 2.05) is 6.92 Å². The maximum atomic E-state index is 12.5. The number of amidine groups is 1. The molecule has 0 saturated carbocycles. The first-order valence-electron chi connectivity index (χ1n) is 5.30. The van der Waals surface area contributed by atoms with Gasteiger partial charge in [-0.15, -0.1) is 0 Å². The number of halogens is 3. The van der Waals surface area contributed by atoms with E-state index in [0.717, 1.165) is 18.0 Å². The van der Waals surface area contributed by atoms with Crippen LogP contribution in [0.3, 0.4) is 0 Å². The number of hydrogen-bond donors (Lipinski definition) is 0. The van der Waals surface area contributed by atoms with Gasteiger partial charge in [-0.2, -0.15) is 13.2 Å². The minimum atomic E-state index is -4.48. The largest absolute Gasteiger partial charge is 0.433 e. The molecule has 0 aliphatic carbocycles. The fraction of sp³-hybridized carbons (Fsp3) is 0.364. The highest BCUT2D eigenvalue weighted by atomic mass is 19.4. The lowest BCUT2D eigenvalue weighted by Gasteiger charge is -2.12. The molecule has 1 aliphatic rings. The van der Waals surface area contributed by atoms with Gasteiger partial charge in [0.05, 0.1) is 5.71 Å². The first-order chi connectivity index (χ1) is 8.50. The van der Waals surface area contributed by atoms with Crippen LogP contribution in [-0.4, -0.2) is 23.1 Å². The Morgan fingerprint density at radius 2 is 2.17 bits per heavy atom. The van der Waals surface area contributed by atoms with E-state index in [1.165, 1.54) is 6.07 Å². The third kappa shape index (κ3) is 2.66. The van der Waals surface area contributed by atoms with Crippen LogP contribution in [0.25, 0.3) is 0 Å². The van der Waals surface area contributed by atoms with Crippen LogP contribution < -0.4 is 0 Å². The minimum Gasteiger partial charge on any atom is -0.388 e. The van der Waals surface area contributed by atoms with Gasteiger partial charge in [0.25, 0.3) is 0 Å². The first-order valence-corrected chi connectivity index (χ1v) is 5.30. The van der Waals surface area contributed by atoms with E-state index in [-0.39, 0.29) is 18.0 Å². The van der Waals surface area contributed by atoms with Crippen molar-refractivity contribution < 1.29 is 18.0 Å². The first kappa shape index (κ1) is 12.5. The summed E-state index contributed by atoms with van der Waals surface area (Å²) in [5, 5.41) is 3.66. The van der Waals surface area contributed by atoms with Crippen molar-refractivity contribution in [2.24, 2.45) is 10.1 Å². The van der Waals surface area contributed by atoms with Crippen molar-refractivity contribution in [1.82, 2.24) is 4.98 Å². The molecule has 96 valence electrons. The third-order valence-electron chi connectivity index (χ3n) is 2.36. The van der Waals surface area contributed by atoms with Crippen molar-refractivity contribution in [2.45, 2.75) is 19.5 Å². The Morgan fingerprint density at radius 3 is 2.83 bits per heavy atom. The summed E-state index contributed by atoms with van der Waals surface area (Å²) in [5.41, 5.74) is 0.00914. The highest BCUT2D eigenvalue weighted by Crippen LogP contribution is 2.28. The molecule has 0 fully saturated rings. The lowest BCUT2D eigenvalue weighted by Crippen LogP contribution is -2.16. The molecule has 0 bridgehead atoms. The maximum Gasteiger partial charge on any atom is 0.433 e. The fourth-order valence-corrected chi connectivity index (χ4v) is 1.39. The quantitative estimate of drug-likeness (QED) is 0.817. The summed E-state index contributed by atoms with van der Waals surface area (Å²) in [7, 11) is 0. The van der Waals surface area contributed by atoms with Gasteiger partial charge in [0.1, 0.15) is 5.69 Å². The molecule has 2 rings (SSSR count).